The number of carbonyl (C=O) groups is 3. The monoisotopic (exact) mass is 424 g/mol. The summed E-state index contributed by atoms with van der Waals surface area (Å²) in [7, 11) is 0. The van der Waals surface area contributed by atoms with Crippen molar-refractivity contribution in [2.75, 3.05) is 11.9 Å². The zero-order valence-electron chi connectivity index (χ0n) is 18.1. The fourth-order valence-electron chi connectivity index (χ4n) is 3.33. The van der Waals surface area contributed by atoms with Gasteiger partial charge in [-0.1, -0.05) is 36.4 Å². The third-order valence-corrected chi connectivity index (χ3v) is 4.76. The molecule has 3 rings (SSSR count). The van der Waals surface area contributed by atoms with Crippen LogP contribution in [0.5, 0.6) is 0 Å². The van der Waals surface area contributed by atoms with E-state index in [1.807, 2.05) is 30.3 Å². The van der Waals surface area contributed by atoms with Crippen molar-refractivity contribution in [3.63, 3.8) is 0 Å². The van der Waals surface area contributed by atoms with E-state index < -0.39 is 23.7 Å². The Kier molecular flexibility index (Phi) is 6.95. The number of nitrogens with zero attached hydrogens (tertiary/aromatic N) is 1. The number of anilines is 1. The number of benzene rings is 2. The van der Waals surface area contributed by atoms with Gasteiger partial charge in [0.05, 0.1) is 5.56 Å². The van der Waals surface area contributed by atoms with Crippen molar-refractivity contribution in [1.82, 2.24) is 4.90 Å². The lowest BCUT2D eigenvalue weighted by molar-refractivity contribution is -0.120. The minimum atomic E-state index is -0.630. The summed E-state index contributed by atoms with van der Waals surface area (Å²) in [5.41, 5.74) is 1.07. The SMILES string of the molecule is CC(C)(C)OC(=O)N1CCC[C@H]1C(=O)Nc1cccc(C(=O)OCc2ccccc2)c1. The average Bonchev–Trinajstić information content (AvgIpc) is 3.22. The molecule has 1 saturated heterocycles. The van der Waals surface area contributed by atoms with E-state index in [0.717, 1.165) is 12.0 Å². The molecule has 0 saturated carbocycles. The van der Waals surface area contributed by atoms with E-state index in [9.17, 15) is 14.4 Å². The molecule has 31 heavy (non-hydrogen) atoms. The van der Waals surface area contributed by atoms with Gasteiger partial charge < -0.3 is 14.8 Å². The van der Waals surface area contributed by atoms with Crippen LogP contribution in [0.15, 0.2) is 54.6 Å². The lowest BCUT2D eigenvalue weighted by Gasteiger charge is -2.28. The molecule has 7 nitrogen and oxygen atoms in total. The van der Waals surface area contributed by atoms with E-state index in [2.05, 4.69) is 5.32 Å². The third kappa shape index (κ3) is 6.31. The lowest BCUT2D eigenvalue weighted by atomic mass is 10.1. The van der Waals surface area contributed by atoms with E-state index in [-0.39, 0.29) is 12.5 Å². The number of carbonyl (C=O) groups excluding carboxylic acids is 3. The molecule has 1 aliphatic heterocycles. The van der Waals surface area contributed by atoms with Gasteiger partial charge >= 0.3 is 12.1 Å². The van der Waals surface area contributed by atoms with Crippen LogP contribution >= 0.6 is 0 Å². The van der Waals surface area contributed by atoms with Crippen LogP contribution in [0.2, 0.25) is 0 Å². The second kappa shape index (κ2) is 9.64. The summed E-state index contributed by atoms with van der Waals surface area (Å²) in [4.78, 5) is 39.1. The molecule has 1 atom stereocenters. The largest absolute Gasteiger partial charge is 0.457 e. The minimum absolute atomic E-state index is 0.170. The predicted molar refractivity (Wildman–Crippen MR) is 117 cm³/mol. The highest BCUT2D eigenvalue weighted by atomic mass is 16.6. The van der Waals surface area contributed by atoms with Crippen molar-refractivity contribution in [2.24, 2.45) is 0 Å². The first-order valence-corrected chi connectivity index (χ1v) is 10.3. The van der Waals surface area contributed by atoms with E-state index in [1.165, 1.54) is 4.90 Å². The number of nitrogens with one attached hydrogen (secondary N) is 1. The van der Waals surface area contributed by atoms with Gasteiger partial charge in [-0.2, -0.15) is 0 Å². The van der Waals surface area contributed by atoms with E-state index in [0.29, 0.717) is 24.2 Å². The minimum Gasteiger partial charge on any atom is -0.457 e. The standard InChI is InChI=1S/C24H28N2O5/c1-24(2,3)31-23(29)26-14-8-13-20(26)21(27)25-19-12-7-11-18(15-19)22(28)30-16-17-9-5-4-6-10-17/h4-7,9-12,15,20H,8,13-14,16H2,1-3H3,(H,25,27)/t20-/m0/s1. The van der Waals surface area contributed by atoms with Gasteiger partial charge in [0, 0.05) is 12.2 Å². The topological polar surface area (TPSA) is 84.9 Å². The summed E-state index contributed by atoms with van der Waals surface area (Å²) < 4.78 is 10.8. The van der Waals surface area contributed by atoms with Crippen LogP contribution in [-0.4, -0.2) is 41.1 Å². The molecule has 0 bridgehead atoms. The molecule has 0 aliphatic carbocycles. The average molecular weight is 424 g/mol. The normalized spacial score (nSPS) is 16.0. The molecule has 2 aromatic carbocycles. The molecule has 164 valence electrons. The quantitative estimate of drug-likeness (QED) is 0.720. The molecule has 0 unspecified atom stereocenters. The molecular weight excluding hydrogens is 396 g/mol. The van der Waals surface area contributed by atoms with Crippen molar-refractivity contribution in [1.29, 1.82) is 0 Å². The van der Waals surface area contributed by atoms with Crippen molar-refractivity contribution in [2.45, 2.75) is 51.9 Å². The zero-order chi connectivity index (χ0) is 22.4. The predicted octanol–water partition coefficient (Wildman–Crippen LogP) is 4.38. The number of rotatable bonds is 5. The number of esters is 1. The Balaban J connectivity index is 1.61. The smallest absolute Gasteiger partial charge is 0.410 e. The second-order valence-electron chi connectivity index (χ2n) is 8.46. The van der Waals surface area contributed by atoms with Crippen LogP contribution in [0, 0.1) is 0 Å². The highest BCUT2D eigenvalue weighted by Gasteiger charge is 2.36. The Morgan fingerprint density at radius 3 is 2.52 bits per heavy atom. The van der Waals surface area contributed by atoms with Gasteiger partial charge in [0.1, 0.15) is 18.2 Å². The first kappa shape index (κ1) is 22.3. The van der Waals surface area contributed by atoms with Crippen molar-refractivity contribution in [3.05, 3.63) is 65.7 Å². The molecule has 0 aromatic heterocycles. The number of hydrogen-bond donors (Lipinski definition) is 1. The van der Waals surface area contributed by atoms with Crippen molar-refractivity contribution < 1.29 is 23.9 Å². The van der Waals surface area contributed by atoms with Gasteiger partial charge in [-0.25, -0.2) is 9.59 Å². The molecule has 0 spiro atoms. The maximum Gasteiger partial charge on any atom is 0.410 e. The molecule has 7 heteroatoms. The van der Waals surface area contributed by atoms with Gasteiger partial charge in [0.2, 0.25) is 5.91 Å². The maximum absolute atomic E-state index is 12.8. The number of amides is 2. The lowest BCUT2D eigenvalue weighted by Crippen LogP contribution is -2.45. The first-order chi connectivity index (χ1) is 14.7. The maximum atomic E-state index is 12.8. The van der Waals surface area contributed by atoms with Gasteiger partial charge in [-0.05, 0) is 57.4 Å². The van der Waals surface area contributed by atoms with Crippen LogP contribution in [0.3, 0.4) is 0 Å². The Bertz CT molecular complexity index is 936. The summed E-state index contributed by atoms with van der Waals surface area (Å²) in [6.45, 7) is 6.01. The number of hydrogen-bond acceptors (Lipinski definition) is 5. The van der Waals surface area contributed by atoms with Crippen LogP contribution in [0.4, 0.5) is 10.5 Å². The van der Waals surface area contributed by atoms with Gasteiger partial charge in [-0.3, -0.25) is 9.69 Å². The first-order valence-electron chi connectivity index (χ1n) is 10.3. The molecule has 0 radical (unpaired) electrons. The van der Waals surface area contributed by atoms with Gasteiger partial charge in [0.25, 0.3) is 0 Å². The number of likely N-dealkylation sites (tertiary alicyclic amines) is 1. The molecule has 2 amide bonds. The molecule has 1 aliphatic rings. The molecule has 1 fully saturated rings. The van der Waals surface area contributed by atoms with Gasteiger partial charge in [0.15, 0.2) is 0 Å². The molecular formula is C24H28N2O5. The van der Waals surface area contributed by atoms with Crippen LogP contribution < -0.4 is 5.32 Å². The summed E-state index contributed by atoms with van der Waals surface area (Å²) in [6.07, 6.45) is 0.788. The summed E-state index contributed by atoms with van der Waals surface area (Å²) in [5, 5.41) is 2.80. The third-order valence-electron chi connectivity index (χ3n) is 4.76. The molecule has 2 aromatic rings. The molecule has 1 heterocycles. The van der Waals surface area contributed by atoms with E-state index >= 15 is 0 Å². The van der Waals surface area contributed by atoms with Crippen molar-refractivity contribution in [3.8, 4) is 0 Å². The zero-order valence-corrected chi connectivity index (χ0v) is 18.1. The van der Waals surface area contributed by atoms with Crippen LogP contribution in [0.25, 0.3) is 0 Å². The number of ether oxygens (including phenoxy) is 2. The van der Waals surface area contributed by atoms with Crippen LogP contribution in [-0.2, 0) is 20.9 Å². The Morgan fingerprint density at radius 1 is 1.06 bits per heavy atom. The van der Waals surface area contributed by atoms with Crippen molar-refractivity contribution >= 4 is 23.7 Å². The van der Waals surface area contributed by atoms with Crippen LogP contribution in [0.1, 0.15) is 49.5 Å². The Labute approximate surface area is 182 Å². The summed E-state index contributed by atoms with van der Waals surface area (Å²) in [6, 6.07) is 15.4. The summed E-state index contributed by atoms with van der Waals surface area (Å²) in [5.74, 6) is -0.783. The van der Waals surface area contributed by atoms with E-state index in [4.69, 9.17) is 9.47 Å². The molecule has 1 N–H and O–H groups in total. The van der Waals surface area contributed by atoms with E-state index in [1.54, 1.807) is 45.0 Å². The van der Waals surface area contributed by atoms with Gasteiger partial charge in [-0.15, -0.1) is 0 Å². The highest BCUT2D eigenvalue weighted by molar-refractivity contribution is 5.98. The fourth-order valence-corrected chi connectivity index (χ4v) is 3.33. The fraction of sp³-hybridized carbons (Fsp3) is 0.375. The highest BCUT2D eigenvalue weighted by Crippen LogP contribution is 2.22. The second-order valence-corrected chi connectivity index (χ2v) is 8.46. The Morgan fingerprint density at radius 2 is 1.81 bits per heavy atom. The summed E-state index contributed by atoms with van der Waals surface area (Å²) >= 11 is 0. The Hall–Kier alpha value is -3.35.